The summed E-state index contributed by atoms with van der Waals surface area (Å²) in [6.45, 7) is 12.0. The van der Waals surface area contributed by atoms with Gasteiger partial charge in [-0.15, -0.1) is 0 Å². The van der Waals surface area contributed by atoms with Crippen molar-refractivity contribution in [3.63, 3.8) is 0 Å². The number of imide groups is 4. The fraction of sp³-hybridized carbons (Fsp3) is 0.293. The molecule has 0 saturated carbocycles. The first-order chi connectivity index (χ1) is 53.2. The van der Waals surface area contributed by atoms with E-state index in [0.29, 0.717) is 83.0 Å². The minimum atomic E-state index is -6.54. The van der Waals surface area contributed by atoms with Gasteiger partial charge in [0, 0.05) is 19.8 Å². The Morgan fingerprint density at radius 1 is 0.353 bits per heavy atom. The van der Waals surface area contributed by atoms with E-state index in [1.54, 1.807) is 12.1 Å². The van der Waals surface area contributed by atoms with E-state index in [0.717, 1.165) is 30.3 Å². The number of amides is 8. The zero-order valence-corrected chi connectivity index (χ0v) is 61.4. The Morgan fingerprint density at radius 3 is 0.991 bits per heavy atom. The van der Waals surface area contributed by atoms with Gasteiger partial charge in [-0.1, -0.05) is 91.4 Å². The molecule has 8 aromatic carbocycles. The van der Waals surface area contributed by atoms with E-state index in [-0.39, 0.29) is 114 Å². The predicted molar refractivity (Wildman–Crippen MR) is 386 cm³/mol. The smallest absolute Gasteiger partial charge is 0.411 e. The molecule has 4 aliphatic rings. The highest BCUT2D eigenvalue weighted by atomic mass is 19.4. The molecular weight excluding hydrogens is 1560 g/mol. The van der Waals surface area contributed by atoms with Crippen LogP contribution in [0.3, 0.4) is 0 Å². The molecule has 116 heavy (non-hydrogen) atoms. The summed E-state index contributed by atoms with van der Waals surface area (Å²) in [5, 5.41) is 25.2. The average Bonchev–Trinajstić information content (AvgIpc) is 0.765. The van der Waals surface area contributed by atoms with Gasteiger partial charge < -0.3 is 25.0 Å². The molecule has 0 bridgehead atoms. The first-order valence-electron chi connectivity index (χ1n) is 34.6. The largest absolute Gasteiger partial charge is 0.506 e. The number of rotatable bonds is 17. The van der Waals surface area contributed by atoms with E-state index in [1.165, 1.54) is 13.1 Å². The van der Waals surface area contributed by atoms with E-state index in [9.17, 15) is 58.2 Å². The number of phenols is 2. The summed E-state index contributed by atoms with van der Waals surface area (Å²) in [5.41, 5.74) is -32.7. The van der Waals surface area contributed by atoms with Gasteiger partial charge in [0.2, 0.25) is 10.8 Å². The molecule has 0 fully saturated rings. The average molecular weight is 1630 g/mol. The number of hydrogen-bond donors (Lipinski definition) is 3. The van der Waals surface area contributed by atoms with Gasteiger partial charge in [0.25, 0.3) is 47.3 Å². The molecule has 0 aromatic heterocycles. The van der Waals surface area contributed by atoms with Gasteiger partial charge in [0.05, 0.1) is 85.9 Å². The van der Waals surface area contributed by atoms with Crippen LogP contribution in [0.5, 0.6) is 11.5 Å². The third-order valence-corrected chi connectivity index (χ3v) is 20.9. The van der Waals surface area contributed by atoms with Crippen molar-refractivity contribution in [1.29, 1.82) is 0 Å². The highest BCUT2D eigenvalue weighted by molar-refractivity contribution is 6.37. The number of anilines is 4. The van der Waals surface area contributed by atoms with Crippen LogP contribution in [-0.4, -0.2) is 132 Å². The normalized spacial score (nSPS) is 15.4. The van der Waals surface area contributed by atoms with E-state index in [2.05, 4.69) is 5.32 Å². The lowest BCUT2D eigenvalue weighted by atomic mass is 9.71. The summed E-state index contributed by atoms with van der Waals surface area (Å²) in [4.78, 5) is 139. The Morgan fingerprint density at radius 2 is 0.655 bits per heavy atom. The summed E-state index contributed by atoms with van der Waals surface area (Å²) < 4.78 is 248. The molecule has 608 valence electrons. The Bertz CT molecular complexity index is 5500. The Hall–Kier alpha value is -12.4. The number of esters is 2. The number of carbonyl (C=O) groups excluding carboxylic acids is 10. The minimum absolute atomic E-state index is 0. The van der Waals surface area contributed by atoms with E-state index in [1.807, 2.05) is 47.6 Å². The lowest BCUT2D eigenvalue weighted by Crippen LogP contribution is -2.55. The van der Waals surface area contributed by atoms with Crippen LogP contribution in [0.4, 0.5) is 88.6 Å². The van der Waals surface area contributed by atoms with Gasteiger partial charge >= 0.3 is 42.8 Å². The minimum Gasteiger partial charge on any atom is -0.506 e. The number of unbranched alkanes of at least 4 members (excludes halogenated alkanes) is 1. The molecule has 12 rings (SSSR count). The summed E-state index contributed by atoms with van der Waals surface area (Å²) in [7, 11) is 2.26. The highest BCUT2D eigenvalue weighted by Crippen LogP contribution is 2.60. The van der Waals surface area contributed by atoms with Crippen LogP contribution in [0, 0.1) is 0 Å². The lowest BCUT2D eigenvalue weighted by molar-refractivity contribution is -0.290. The first-order valence-corrected chi connectivity index (χ1v) is 34.6. The Balaban J connectivity index is 0.0000132. The fourth-order valence-corrected chi connectivity index (χ4v) is 14.5. The van der Waals surface area contributed by atoms with Crippen molar-refractivity contribution in [3.05, 3.63) is 246 Å². The quantitative estimate of drug-likeness (QED) is 0.0332. The maximum atomic E-state index is 16.1. The van der Waals surface area contributed by atoms with Crippen molar-refractivity contribution < 1.29 is 133 Å². The second kappa shape index (κ2) is 28.6. The van der Waals surface area contributed by atoms with Gasteiger partial charge in [-0.25, -0.2) is 24.3 Å². The van der Waals surface area contributed by atoms with Gasteiger partial charge in [0.1, 0.15) is 16.9 Å². The van der Waals surface area contributed by atoms with Crippen LogP contribution in [0.15, 0.2) is 146 Å². The van der Waals surface area contributed by atoms with Gasteiger partial charge in [-0.3, -0.25) is 43.3 Å². The van der Waals surface area contributed by atoms with Crippen molar-refractivity contribution in [3.8, 4) is 11.5 Å². The second-order valence-corrected chi connectivity index (χ2v) is 29.9. The maximum Gasteiger partial charge on any atom is 0.411 e. The number of hydrogen-bond acceptors (Lipinski definition) is 15. The molecule has 8 amide bonds. The first kappa shape index (κ1) is 84.5. The summed E-state index contributed by atoms with van der Waals surface area (Å²) in [6.07, 6.45) is -31.2. The number of fused-ring (bicyclic) bond motifs is 4. The fourth-order valence-electron chi connectivity index (χ4n) is 14.5. The van der Waals surface area contributed by atoms with E-state index >= 15 is 65.9 Å². The van der Waals surface area contributed by atoms with Crippen LogP contribution in [0.1, 0.15) is 217 Å². The number of benzene rings is 8. The predicted octanol–water partition coefficient (Wildman–Crippen LogP) is 17.5. The zero-order chi connectivity index (χ0) is 84.9. The number of aromatic hydroxyl groups is 2. The van der Waals surface area contributed by atoms with Gasteiger partial charge in [-0.05, 0) is 178 Å². The van der Waals surface area contributed by atoms with Crippen LogP contribution in [-0.2, 0) is 36.5 Å². The second-order valence-electron chi connectivity index (χ2n) is 29.9. The number of alkyl halides is 15. The number of phenolic OH excluding ortho intramolecular Hbond substituents is 2. The van der Waals surface area contributed by atoms with Crippen LogP contribution in [0.2, 0.25) is 0 Å². The molecule has 1 unspecified atom stereocenters. The lowest BCUT2D eigenvalue weighted by Gasteiger charge is -2.38. The third-order valence-electron chi connectivity index (χ3n) is 20.9. The standard InChI is InChI=1S/C81H62F15N5O14.CH4/c1-72(2,3)46-26-38(27-47(30-46)73(4,5)6)70(112)114-24-10-11-25-115-71(113)39-28-48(97-8)37-49(29-39)99-64(106)51-19-13-43(32-55(51)67(99)109)76(80(91,92)93,81(94,95)96)45-15-21-53-57(34-45)69(111)101(66(53)108)59-36-41(17-23-61(59)103)74(7,77(82,83)84)40-16-22-60(102)58(35-40)100-65(107)52-20-14-44(33-56(52)68(100)110)75(78(85,86)87,79(88,89)90)42-12-18-50-54(31-42)63(105)98(9)62(50)104;/h12-23,26-37,97,102-103H,10-11,24-25H2,1-9H3;1H4. The molecule has 34 heteroatoms. The molecule has 19 nitrogen and oxygen atoms in total. The number of halogens is 15. The van der Waals surface area contributed by atoms with Crippen molar-refractivity contribution in [2.45, 2.75) is 127 Å². The zero-order valence-electron chi connectivity index (χ0n) is 61.4. The molecule has 0 radical (unpaired) electrons. The highest BCUT2D eigenvalue weighted by Gasteiger charge is 2.75. The van der Waals surface area contributed by atoms with Crippen molar-refractivity contribution >= 4 is 81.9 Å². The number of carbonyl (C=O) groups is 10. The topological polar surface area (TPSA) is 255 Å². The molecule has 1 atom stereocenters. The van der Waals surface area contributed by atoms with E-state index in [4.69, 9.17) is 9.47 Å². The number of nitrogens with zero attached hydrogens (tertiary/aromatic N) is 4. The molecular formula is C82H66F15N5O14. The SMILES string of the molecule is C.CNc1cc(C(=O)OCCCCOC(=O)c2cc(C(C)(C)C)cc(C(C)(C)C)c2)cc(N2C(=O)c3ccc(C(c4ccc5c(c4)C(=O)N(c4cc(C(C)(c6ccc(O)c(N7C(=O)c8ccc(C(c9ccc%10c(c9)C(=O)N(C)C%10=O)(C(F)(F)F)C(F)(F)F)cc8C7=O)c6)C(F)(F)F)ccc4O)C5=O)(C(F)(F)F)C(F)(F)F)cc3C2=O)c1. The summed E-state index contributed by atoms with van der Waals surface area (Å²) in [5.74, 6) is -16.2. The maximum absolute atomic E-state index is 16.1. The third kappa shape index (κ3) is 13.3. The summed E-state index contributed by atoms with van der Waals surface area (Å²) in [6, 6.07) is 14.3. The Labute approximate surface area is 649 Å². The molecule has 3 N–H and O–H groups in total. The molecule has 4 aliphatic heterocycles. The van der Waals surface area contributed by atoms with Crippen LogP contribution >= 0.6 is 0 Å². The van der Waals surface area contributed by atoms with Gasteiger partial charge in [0.15, 0.2) is 0 Å². The van der Waals surface area contributed by atoms with E-state index < -0.39 is 213 Å². The van der Waals surface area contributed by atoms with Gasteiger partial charge in [-0.2, -0.15) is 65.9 Å². The van der Waals surface area contributed by atoms with Crippen molar-refractivity contribution in [2.75, 3.05) is 47.3 Å². The number of ether oxygens (including phenoxy) is 2. The van der Waals surface area contributed by atoms with Crippen molar-refractivity contribution in [1.82, 2.24) is 4.90 Å². The molecule has 0 spiro atoms. The molecule has 0 saturated heterocycles. The Kier molecular flexibility index (Phi) is 20.8. The molecule has 0 aliphatic carbocycles. The molecule has 8 aromatic rings. The van der Waals surface area contributed by atoms with Crippen LogP contribution in [0.25, 0.3) is 0 Å². The van der Waals surface area contributed by atoms with Crippen LogP contribution < -0.4 is 20.0 Å². The molecule has 4 heterocycles. The number of nitrogens with one attached hydrogen (secondary N) is 1. The monoisotopic (exact) mass is 1630 g/mol. The summed E-state index contributed by atoms with van der Waals surface area (Å²) >= 11 is 0. The van der Waals surface area contributed by atoms with Crippen molar-refractivity contribution in [2.24, 2.45) is 0 Å².